The fourth-order valence-corrected chi connectivity index (χ4v) is 2.87. The molecular weight excluding hydrogens is 304 g/mol. The van der Waals surface area contributed by atoms with Gasteiger partial charge in [-0.3, -0.25) is 9.59 Å². The maximum absolute atomic E-state index is 12.2. The summed E-state index contributed by atoms with van der Waals surface area (Å²) in [5.74, 6) is 0.0326. The van der Waals surface area contributed by atoms with Crippen LogP contribution in [0.25, 0.3) is 0 Å². The Kier molecular flexibility index (Phi) is 4.93. The first-order valence-corrected chi connectivity index (χ1v) is 8.37. The Morgan fingerprint density at radius 3 is 2.79 bits per heavy atom. The molecule has 3 rings (SSSR count). The Morgan fingerprint density at radius 1 is 1.25 bits per heavy atom. The van der Waals surface area contributed by atoms with E-state index in [2.05, 4.69) is 22.4 Å². The van der Waals surface area contributed by atoms with Crippen LogP contribution in [0.5, 0.6) is 0 Å². The Labute approximate surface area is 141 Å². The number of likely N-dealkylation sites (N-methyl/N-ethyl adjacent to an activating group) is 1. The molecule has 126 valence electrons. The zero-order chi connectivity index (χ0) is 16.9. The van der Waals surface area contributed by atoms with Crippen LogP contribution in [0.15, 0.2) is 36.5 Å². The molecule has 2 aromatic rings. The molecule has 1 N–H and O–H groups in total. The molecule has 0 atom stereocenters. The first kappa shape index (κ1) is 16.2. The fraction of sp³-hybridized carbons (Fsp3) is 0.389. The van der Waals surface area contributed by atoms with Crippen molar-refractivity contribution in [3.05, 3.63) is 53.6 Å². The zero-order valence-electron chi connectivity index (χ0n) is 13.9. The molecule has 6 nitrogen and oxygen atoms in total. The molecule has 2 heterocycles. The van der Waals surface area contributed by atoms with Crippen LogP contribution < -0.4 is 5.32 Å². The maximum Gasteiger partial charge on any atom is 0.289 e. The number of rotatable bonds is 6. The third kappa shape index (κ3) is 3.48. The van der Waals surface area contributed by atoms with Gasteiger partial charge in [0.2, 0.25) is 0 Å². The largest absolute Gasteiger partial charge is 0.351 e. The first-order valence-electron chi connectivity index (χ1n) is 8.37. The van der Waals surface area contributed by atoms with Crippen molar-refractivity contribution >= 4 is 11.8 Å². The van der Waals surface area contributed by atoms with Crippen LogP contribution in [-0.2, 0) is 13.0 Å². The van der Waals surface area contributed by atoms with E-state index in [-0.39, 0.29) is 11.8 Å². The van der Waals surface area contributed by atoms with Gasteiger partial charge in [0.1, 0.15) is 5.69 Å². The van der Waals surface area contributed by atoms with E-state index in [1.165, 1.54) is 5.56 Å². The maximum atomic E-state index is 12.2. The molecule has 24 heavy (non-hydrogen) atoms. The third-order valence-corrected chi connectivity index (χ3v) is 4.25. The SMILES string of the molecule is CCN1CCn2cc(C(=O)NCCCc3ccccc3)nc2C1=O. The smallest absolute Gasteiger partial charge is 0.289 e. The highest BCUT2D eigenvalue weighted by Crippen LogP contribution is 2.12. The summed E-state index contributed by atoms with van der Waals surface area (Å²) in [5.41, 5.74) is 1.57. The number of benzene rings is 1. The third-order valence-electron chi connectivity index (χ3n) is 4.25. The van der Waals surface area contributed by atoms with Gasteiger partial charge >= 0.3 is 0 Å². The van der Waals surface area contributed by atoms with Gasteiger partial charge < -0.3 is 14.8 Å². The number of hydrogen-bond acceptors (Lipinski definition) is 3. The molecular formula is C18H22N4O2. The number of hydrogen-bond donors (Lipinski definition) is 1. The summed E-state index contributed by atoms with van der Waals surface area (Å²) in [7, 11) is 0. The van der Waals surface area contributed by atoms with Gasteiger partial charge in [0.05, 0.1) is 0 Å². The average Bonchev–Trinajstić information content (AvgIpc) is 3.05. The van der Waals surface area contributed by atoms with E-state index in [0.717, 1.165) is 12.8 Å². The van der Waals surface area contributed by atoms with Crippen molar-refractivity contribution in [1.29, 1.82) is 0 Å². The van der Waals surface area contributed by atoms with E-state index in [0.29, 0.717) is 37.7 Å². The number of imidazole rings is 1. The minimum atomic E-state index is -0.221. The predicted molar refractivity (Wildman–Crippen MR) is 90.9 cm³/mol. The molecule has 0 spiro atoms. The van der Waals surface area contributed by atoms with Crippen LogP contribution in [-0.4, -0.2) is 45.9 Å². The molecule has 0 radical (unpaired) electrons. The van der Waals surface area contributed by atoms with E-state index in [1.807, 2.05) is 25.1 Å². The monoisotopic (exact) mass is 326 g/mol. The lowest BCUT2D eigenvalue weighted by Crippen LogP contribution is -2.40. The number of fused-ring (bicyclic) bond motifs is 1. The van der Waals surface area contributed by atoms with E-state index < -0.39 is 0 Å². The summed E-state index contributed by atoms with van der Waals surface area (Å²) in [6, 6.07) is 10.2. The number of nitrogens with one attached hydrogen (secondary N) is 1. The highest BCUT2D eigenvalue weighted by atomic mass is 16.2. The average molecular weight is 326 g/mol. The van der Waals surface area contributed by atoms with Crippen molar-refractivity contribution in [2.45, 2.75) is 26.3 Å². The molecule has 2 amide bonds. The van der Waals surface area contributed by atoms with Crippen LogP contribution in [0, 0.1) is 0 Å². The van der Waals surface area contributed by atoms with Crippen LogP contribution in [0.2, 0.25) is 0 Å². The minimum Gasteiger partial charge on any atom is -0.351 e. The number of aryl methyl sites for hydroxylation is 1. The van der Waals surface area contributed by atoms with Crippen LogP contribution >= 0.6 is 0 Å². The molecule has 0 bridgehead atoms. The topological polar surface area (TPSA) is 67.2 Å². The van der Waals surface area contributed by atoms with E-state index in [9.17, 15) is 9.59 Å². The summed E-state index contributed by atoms with van der Waals surface area (Å²) >= 11 is 0. The van der Waals surface area contributed by atoms with Gasteiger partial charge in [0.15, 0.2) is 5.82 Å². The number of carbonyl (C=O) groups excluding carboxylic acids is 2. The lowest BCUT2D eigenvalue weighted by atomic mass is 10.1. The van der Waals surface area contributed by atoms with Gasteiger partial charge in [0, 0.05) is 32.4 Å². The first-order chi connectivity index (χ1) is 11.7. The Morgan fingerprint density at radius 2 is 2.04 bits per heavy atom. The summed E-state index contributed by atoms with van der Waals surface area (Å²) < 4.78 is 1.77. The second-order valence-electron chi connectivity index (χ2n) is 5.87. The Bertz CT molecular complexity index is 724. The molecule has 0 saturated carbocycles. The van der Waals surface area contributed by atoms with Crippen molar-refractivity contribution in [3.8, 4) is 0 Å². The zero-order valence-corrected chi connectivity index (χ0v) is 13.9. The lowest BCUT2D eigenvalue weighted by molar-refractivity contribution is 0.0707. The molecule has 1 aromatic carbocycles. The van der Waals surface area contributed by atoms with E-state index >= 15 is 0 Å². The fourth-order valence-electron chi connectivity index (χ4n) is 2.87. The normalized spacial score (nSPS) is 13.7. The standard InChI is InChI=1S/C18H22N4O2/c1-2-21-11-12-22-13-15(20-16(22)18(21)24)17(23)19-10-6-9-14-7-4-3-5-8-14/h3-5,7-8,13H,2,6,9-12H2,1H3,(H,19,23). The molecule has 0 aliphatic carbocycles. The summed E-state index contributed by atoms with van der Waals surface area (Å²) in [6.07, 6.45) is 3.46. The van der Waals surface area contributed by atoms with E-state index in [1.54, 1.807) is 15.7 Å². The summed E-state index contributed by atoms with van der Waals surface area (Å²) in [6.45, 7) is 4.54. The second-order valence-corrected chi connectivity index (χ2v) is 5.87. The molecule has 0 unspecified atom stereocenters. The van der Waals surface area contributed by atoms with Gasteiger partial charge in [-0.1, -0.05) is 30.3 Å². The second kappa shape index (κ2) is 7.29. The number of amides is 2. The highest BCUT2D eigenvalue weighted by molar-refractivity contribution is 5.96. The molecule has 1 aliphatic heterocycles. The van der Waals surface area contributed by atoms with Gasteiger partial charge in [-0.15, -0.1) is 0 Å². The van der Waals surface area contributed by atoms with Crippen molar-refractivity contribution in [3.63, 3.8) is 0 Å². The van der Waals surface area contributed by atoms with Gasteiger partial charge in [-0.25, -0.2) is 4.98 Å². The van der Waals surface area contributed by atoms with Crippen LogP contribution in [0.3, 0.4) is 0 Å². The Balaban J connectivity index is 1.54. The van der Waals surface area contributed by atoms with Crippen molar-refractivity contribution in [1.82, 2.24) is 19.8 Å². The highest BCUT2D eigenvalue weighted by Gasteiger charge is 2.27. The van der Waals surface area contributed by atoms with Crippen LogP contribution in [0.4, 0.5) is 0 Å². The molecule has 6 heteroatoms. The van der Waals surface area contributed by atoms with E-state index in [4.69, 9.17) is 0 Å². The minimum absolute atomic E-state index is 0.105. The van der Waals surface area contributed by atoms with Crippen molar-refractivity contribution in [2.75, 3.05) is 19.6 Å². The number of aromatic nitrogens is 2. The summed E-state index contributed by atoms with van der Waals surface area (Å²) in [4.78, 5) is 30.4. The Hall–Kier alpha value is -2.63. The van der Waals surface area contributed by atoms with Gasteiger partial charge in [-0.05, 0) is 25.3 Å². The predicted octanol–water partition coefficient (Wildman–Crippen LogP) is 1.72. The van der Waals surface area contributed by atoms with Crippen molar-refractivity contribution in [2.24, 2.45) is 0 Å². The molecule has 1 aromatic heterocycles. The van der Waals surface area contributed by atoms with Crippen LogP contribution in [0.1, 0.15) is 40.0 Å². The number of carbonyl (C=O) groups is 2. The molecule has 0 fully saturated rings. The van der Waals surface area contributed by atoms with Crippen molar-refractivity contribution < 1.29 is 9.59 Å². The van der Waals surface area contributed by atoms with Gasteiger partial charge in [-0.2, -0.15) is 0 Å². The van der Waals surface area contributed by atoms with Gasteiger partial charge in [0.25, 0.3) is 11.8 Å². The summed E-state index contributed by atoms with van der Waals surface area (Å²) in [5, 5.41) is 2.88. The molecule has 0 saturated heterocycles. The lowest BCUT2D eigenvalue weighted by Gasteiger charge is -2.25. The number of nitrogens with zero attached hydrogens (tertiary/aromatic N) is 3. The quantitative estimate of drug-likeness (QED) is 0.822. The molecule has 1 aliphatic rings.